The highest BCUT2D eigenvalue weighted by Gasteiger charge is 2.48. The van der Waals surface area contributed by atoms with Crippen molar-refractivity contribution in [2.45, 2.75) is 25.3 Å². The first-order valence-electron chi connectivity index (χ1n) is 7.22. The molecule has 22 heavy (non-hydrogen) atoms. The minimum atomic E-state index is -0.658. The predicted molar refractivity (Wildman–Crippen MR) is 80.0 cm³/mol. The fourth-order valence-electron chi connectivity index (χ4n) is 3.91. The molecule has 2 fully saturated rings. The highest BCUT2D eigenvalue weighted by molar-refractivity contribution is 6.33. The molecule has 0 aliphatic heterocycles. The van der Waals surface area contributed by atoms with E-state index in [1.807, 2.05) is 0 Å². The minimum absolute atomic E-state index is 0.0164. The van der Waals surface area contributed by atoms with Crippen molar-refractivity contribution < 1.29 is 10.0 Å². The second kappa shape index (κ2) is 5.51. The Labute approximate surface area is 131 Å². The average molecular weight is 329 g/mol. The number of fused-ring (bicyclic) bond motifs is 2. The van der Waals surface area contributed by atoms with Gasteiger partial charge in [0.25, 0.3) is 0 Å². The number of aliphatic hydroxyl groups excluding tert-OH is 1. The van der Waals surface area contributed by atoms with Crippen LogP contribution in [0, 0.1) is 27.9 Å². The standard InChI is InChI=1S/C13H17ClN4O4/c1-17-13(20)9(14)11(12(16-17)18(21)22)15-10-7-3-2-6(4-7)8(10)5-19/h6-8,10,15,19H,2-5H2,1H3/t6-,7+,8-,10+/m1/s1. The molecule has 0 amide bonds. The van der Waals surface area contributed by atoms with Crippen LogP contribution < -0.4 is 10.9 Å². The van der Waals surface area contributed by atoms with Crippen molar-refractivity contribution >= 4 is 23.1 Å². The predicted octanol–water partition coefficient (Wildman–Crippen LogP) is 1.16. The van der Waals surface area contributed by atoms with Gasteiger partial charge < -0.3 is 20.5 Å². The lowest BCUT2D eigenvalue weighted by molar-refractivity contribution is -0.389. The maximum Gasteiger partial charge on any atom is 0.413 e. The van der Waals surface area contributed by atoms with E-state index in [0.29, 0.717) is 11.8 Å². The maximum absolute atomic E-state index is 11.9. The Kier molecular flexibility index (Phi) is 3.82. The van der Waals surface area contributed by atoms with Crippen LogP contribution in [0.15, 0.2) is 4.79 Å². The summed E-state index contributed by atoms with van der Waals surface area (Å²) in [6, 6.07) is -0.117. The molecule has 2 N–H and O–H groups in total. The summed E-state index contributed by atoms with van der Waals surface area (Å²) in [5, 5.41) is 27.3. The Morgan fingerprint density at radius 2 is 2.18 bits per heavy atom. The van der Waals surface area contributed by atoms with Gasteiger partial charge >= 0.3 is 11.4 Å². The van der Waals surface area contributed by atoms with E-state index in [-0.39, 0.29) is 29.3 Å². The van der Waals surface area contributed by atoms with E-state index >= 15 is 0 Å². The highest BCUT2D eigenvalue weighted by Crippen LogP contribution is 2.50. The number of aryl methyl sites for hydroxylation is 1. The van der Waals surface area contributed by atoms with Crippen molar-refractivity contribution in [3.8, 4) is 0 Å². The normalized spacial score (nSPS) is 29.8. The zero-order chi connectivity index (χ0) is 16.0. The topological polar surface area (TPSA) is 110 Å². The second-order valence-electron chi connectivity index (χ2n) is 6.05. The van der Waals surface area contributed by atoms with E-state index in [4.69, 9.17) is 11.6 Å². The molecule has 8 nitrogen and oxygen atoms in total. The van der Waals surface area contributed by atoms with Crippen LogP contribution in [0.4, 0.5) is 11.5 Å². The van der Waals surface area contributed by atoms with E-state index in [2.05, 4.69) is 10.4 Å². The van der Waals surface area contributed by atoms with E-state index < -0.39 is 16.3 Å². The summed E-state index contributed by atoms with van der Waals surface area (Å²) in [4.78, 5) is 22.4. The van der Waals surface area contributed by atoms with Crippen molar-refractivity contribution in [3.05, 3.63) is 25.5 Å². The Morgan fingerprint density at radius 1 is 1.50 bits per heavy atom. The van der Waals surface area contributed by atoms with E-state index in [9.17, 15) is 20.0 Å². The molecule has 0 radical (unpaired) electrons. The zero-order valence-electron chi connectivity index (χ0n) is 12.0. The molecule has 2 bridgehead atoms. The number of aromatic nitrogens is 2. The molecule has 4 atom stereocenters. The molecule has 9 heteroatoms. The summed E-state index contributed by atoms with van der Waals surface area (Å²) in [7, 11) is 1.32. The van der Waals surface area contributed by atoms with Crippen LogP contribution in [-0.4, -0.2) is 32.5 Å². The van der Waals surface area contributed by atoms with Crippen LogP contribution in [0.1, 0.15) is 19.3 Å². The molecule has 2 aliphatic rings. The molecule has 1 aromatic rings. The maximum atomic E-state index is 11.9. The third-order valence-corrected chi connectivity index (χ3v) is 5.30. The number of halogens is 1. The van der Waals surface area contributed by atoms with Gasteiger partial charge in [-0.3, -0.25) is 4.79 Å². The number of hydrogen-bond donors (Lipinski definition) is 2. The van der Waals surface area contributed by atoms with Gasteiger partial charge in [-0.1, -0.05) is 11.6 Å². The summed E-state index contributed by atoms with van der Waals surface area (Å²) in [6.45, 7) is 0.0164. The third-order valence-electron chi connectivity index (χ3n) is 4.95. The third kappa shape index (κ3) is 2.26. The van der Waals surface area contributed by atoms with Gasteiger partial charge in [0.2, 0.25) is 0 Å². The Morgan fingerprint density at radius 3 is 2.82 bits per heavy atom. The molecular formula is C13H17ClN4O4. The molecule has 2 aliphatic carbocycles. The van der Waals surface area contributed by atoms with Gasteiger partial charge in [-0.2, -0.15) is 0 Å². The molecule has 120 valence electrons. The summed E-state index contributed by atoms with van der Waals surface area (Å²) in [5.74, 6) is 0.316. The first-order valence-corrected chi connectivity index (χ1v) is 7.60. The summed E-state index contributed by atoms with van der Waals surface area (Å²) >= 11 is 6.02. The van der Waals surface area contributed by atoms with Crippen LogP contribution in [0.3, 0.4) is 0 Å². The number of nitro groups is 1. The van der Waals surface area contributed by atoms with Gasteiger partial charge in [0, 0.05) is 18.6 Å². The number of rotatable bonds is 4. The van der Waals surface area contributed by atoms with Gasteiger partial charge in [0.1, 0.15) is 5.02 Å². The number of anilines is 1. The van der Waals surface area contributed by atoms with Gasteiger partial charge in [-0.05, 0) is 36.0 Å². The summed E-state index contributed by atoms with van der Waals surface area (Å²) in [5.41, 5.74) is -0.621. The molecule has 0 saturated heterocycles. The lowest BCUT2D eigenvalue weighted by Gasteiger charge is -2.31. The number of nitrogens with zero attached hydrogens (tertiary/aromatic N) is 3. The number of hydrogen-bond acceptors (Lipinski definition) is 6. The fraction of sp³-hybridized carbons (Fsp3) is 0.692. The van der Waals surface area contributed by atoms with Crippen LogP contribution >= 0.6 is 11.6 Å². The van der Waals surface area contributed by atoms with E-state index in [1.54, 1.807) is 0 Å². The Bertz CT molecular complexity index is 677. The molecule has 1 heterocycles. The lowest BCUT2D eigenvalue weighted by atomic mass is 9.85. The van der Waals surface area contributed by atoms with Gasteiger partial charge in [0.05, 0.1) is 12.1 Å². The van der Waals surface area contributed by atoms with Crippen molar-refractivity contribution in [2.24, 2.45) is 24.8 Å². The van der Waals surface area contributed by atoms with Crippen LogP contribution in [0.5, 0.6) is 0 Å². The van der Waals surface area contributed by atoms with Crippen molar-refractivity contribution in [2.75, 3.05) is 11.9 Å². The highest BCUT2D eigenvalue weighted by atomic mass is 35.5. The average Bonchev–Trinajstić information content (AvgIpc) is 3.08. The summed E-state index contributed by atoms with van der Waals surface area (Å²) in [6.07, 6.45) is 3.08. The van der Waals surface area contributed by atoms with Crippen molar-refractivity contribution in [3.63, 3.8) is 0 Å². The van der Waals surface area contributed by atoms with Crippen molar-refractivity contribution in [1.82, 2.24) is 9.78 Å². The Hall–Kier alpha value is -1.67. The zero-order valence-corrected chi connectivity index (χ0v) is 12.8. The molecule has 0 spiro atoms. The molecule has 0 unspecified atom stereocenters. The van der Waals surface area contributed by atoms with Gasteiger partial charge in [-0.25, -0.2) is 0 Å². The van der Waals surface area contributed by atoms with Gasteiger partial charge in [-0.15, -0.1) is 4.68 Å². The molecule has 1 aromatic heterocycles. The van der Waals surface area contributed by atoms with Crippen LogP contribution in [-0.2, 0) is 7.05 Å². The van der Waals surface area contributed by atoms with Crippen molar-refractivity contribution in [1.29, 1.82) is 0 Å². The monoisotopic (exact) mass is 328 g/mol. The number of nitrogens with one attached hydrogen (secondary N) is 1. The fourth-order valence-corrected chi connectivity index (χ4v) is 4.17. The van der Waals surface area contributed by atoms with Crippen LogP contribution in [0.2, 0.25) is 5.02 Å². The Balaban J connectivity index is 2.00. The SMILES string of the molecule is Cn1nc([N+](=O)[O-])c(N[C@H]2[C@H]3CC[C@H](C3)[C@H]2CO)c(Cl)c1=O. The molecular weight excluding hydrogens is 312 g/mol. The lowest BCUT2D eigenvalue weighted by Crippen LogP contribution is -2.37. The first kappa shape index (κ1) is 15.2. The quantitative estimate of drug-likeness (QED) is 0.634. The minimum Gasteiger partial charge on any atom is -0.396 e. The second-order valence-corrected chi connectivity index (χ2v) is 6.43. The molecule has 0 aromatic carbocycles. The first-order chi connectivity index (χ1) is 10.4. The van der Waals surface area contributed by atoms with Gasteiger partial charge in [0.15, 0.2) is 5.69 Å². The van der Waals surface area contributed by atoms with E-state index in [1.165, 1.54) is 7.05 Å². The van der Waals surface area contributed by atoms with Crippen LogP contribution in [0.25, 0.3) is 0 Å². The molecule has 2 saturated carbocycles. The molecule has 3 rings (SSSR count). The number of aliphatic hydroxyl groups is 1. The van der Waals surface area contributed by atoms with E-state index in [0.717, 1.165) is 23.9 Å². The largest absolute Gasteiger partial charge is 0.413 e. The smallest absolute Gasteiger partial charge is 0.396 e. The summed E-state index contributed by atoms with van der Waals surface area (Å²) < 4.78 is 0.857.